The number of carbonyl (C=O) groups excluding carboxylic acids is 2. The molecule has 0 aromatic heterocycles. The lowest BCUT2D eigenvalue weighted by atomic mass is 10.2. The van der Waals surface area contributed by atoms with Crippen molar-refractivity contribution in [3.8, 4) is 0 Å². The molecule has 2 fully saturated rings. The molecule has 0 unspecified atom stereocenters. The van der Waals surface area contributed by atoms with Gasteiger partial charge in [-0.15, -0.1) is 0 Å². The van der Waals surface area contributed by atoms with Gasteiger partial charge in [0.2, 0.25) is 0 Å². The van der Waals surface area contributed by atoms with Crippen molar-refractivity contribution in [1.29, 1.82) is 0 Å². The van der Waals surface area contributed by atoms with E-state index < -0.39 is 0 Å². The topological polar surface area (TPSA) is 56.3 Å². The number of carbonyl (C=O) groups is 2. The highest BCUT2D eigenvalue weighted by Gasteiger charge is 2.29. The van der Waals surface area contributed by atoms with Gasteiger partial charge in [-0.2, -0.15) is 0 Å². The predicted molar refractivity (Wildman–Crippen MR) is 101 cm³/mol. The third-order valence-corrected chi connectivity index (χ3v) is 5.03. The van der Waals surface area contributed by atoms with Crippen LogP contribution in [0.25, 0.3) is 0 Å². The zero-order chi connectivity index (χ0) is 18.5. The van der Waals surface area contributed by atoms with Crippen LogP contribution in [0, 0.1) is 0 Å². The number of piperazine rings is 2. The van der Waals surface area contributed by atoms with E-state index in [4.69, 9.17) is 16.3 Å². The summed E-state index contributed by atoms with van der Waals surface area (Å²) in [6.07, 6.45) is -0.297. The maximum atomic E-state index is 12.7. The van der Waals surface area contributed by atoms with Crippen molar-refractivity contribution in [3.63, 3.8) is 0 Å². The monoisotopic (exact) mass is 380 g/mol. The third-order valence-electron chi connectivity index (χ3n) is 4.80. The van der Waals surface area contributed by atoms with Crippen LogP contribution in [-0.4, -0.2) is 85.8 Å². The molecule has 7 nitrogen and oxygen atoms in total. The Morgan fingerprint density at radius 1 is 0.962 bits per heavy atom. The highest BCUT2D eigenvalue weighted by molar-refractivity contribution is 6.30. The number of hydrogen-bond donors (Lipinski definition) is 0. The average molecular weight is 381 g/mol. The molecule has 1 aromatic rings. The van der Waals surface area contributed by atoms with Crippen LogP contribution in [0.3, 0.4) is 0 Å². The number of ether oxygens (including phenoxy) is 1. The molecule has 0 atom stereocenters. The second-order valence-electron chi connectivity index (χ2n) is 6.41. The van der Waals surface area contributed by atoms with Crippen LogP contribution in [0.15, 0.2) is 24.3 Å². The Bertz CT molecular complexity index is 641. The third kappa shape index (κ3) is 4.33. The Morgan fingerprint density at radius 3 is 2.12 bits per heavy atom. The molecule has 2 saturated heterocycles. The van der Waals surface area contributed by atoms with Crippen LogP contribution in [-0.2, 0) is 4.74 Å². The molecule has 0 spiro atoms. The summed E-state index contributed by atoms with van der Waals surface area (Å²) in [6.45, 7) is 7.24. The summed E-state index contributed by atoms with van der Waals surface area (Å²) in [5.41, 5.74) is 1.09. The zero-order valence-corrected chi connectivity index (χ0v) is 15.8. The second-order valence-corrected chi connectivity index (χ2v) is 6.85. The second kappa shape index (κ2) is 8.49. The van der Waals surface area contributed by atoms with E-state index in [1.165, 1.54) is 0 Å². The van der Waals surface area contributed by atoms with Crippen molar-refractivity contribution in [2.75, 3.05) is 63.9 Å². The summed E-state index contributed by atoms with van der Waals surface area (Å²) < 4.78 is 5.01. The summed E-state index contributed by atoms with van der Waals surface area (Å²) >= 11 is 6.06. The largest absolute Gasteiger partial charge is 0.450 e. The first-order chi connectivity index (χ1) is 12.6. The van der Waals surface area contributed by atoms with Gasteiger partial charge in [0.05, 0.1) is 6.61 Å². The Hall–Kier alpha value is -2.15. The lowest BCUT2D eigenvalue weighted by Crippen LogP contribution is -2.57. The highest BCUT2D eigenvalue weighted by atomic mass is 35.5. The van der Waals surface area contributed by atoms with Gasteiger partial charge < -0.3 is 24.3 Å². The Balaban J connectivity index is 1.48. The minimum atomic E-state index is -0.297. The van der Waals surface area contributed by atoms with Crippen LogP contribution in [0.4, 0.5) is 15.3 Å². The maximum Gasteiger partial charge on any atom is 0.409 e. The van der Waals surface area contributed by atoms with Crippen molar-refractivity contribution in [1.82, 2.24) is 14.7 Å². The average Bonchev–Trinajstić information content (AvgIpc) is 2.68. The van der Waals surface area contributed by atoms with Gasteiger partial charge >= 0.3 is 12.1 Å². The number of anilines is 1. The molecule has 3 amide bonds. The number of hydrogen-bond acceptors (Lipinski definition) is 4. The molecule has 0 radical (unpaired) electrons. The van der Waals surface area contributed by atoms with Crippen LogP contribution in [0.1, 0.15) is 6.92 Å². The van der Waals surface area contributed by atoms with E-state index in [0.717, 1.165) is 23.8 Å². The molecule has 142 valence electrons. The summed E-state index contributed by atoms with van der Waals surface area (Å²) in [5, 5.41) is 0.723. The fraction of sp³-hybridized carbons (Fsp3) is 0.556. The van der Waals surface area contributed by atoms with E-state index in [1.54, 1.807) is 11.8 Å². The van der Waals surface area contributed by atoms with E-state index in [0.29, 0.717) is 45.9 Å². The minimum absolute atomic E-state index is 0.0549. The smallest absolute Gasteiger partial charge is 0.409 e. The molecule has 0 N–H and O–H groups in total. The summed E-state index contributed by atoms with van der Waals surface area (Å²) in [6, 6.07) is 7.85. The number of urea groups is 1. The van der Waals surface area contributed by atoms with Crippen molar-refractivity contribution in [3.05, 3.63) is 29.3 Å². The number of benzene rings is 1. The van der Waals surface area contributed by atoms with Gasteiger partial charge in [0, 0.05) is 63.1 Å². The van der Waals surface area contributed by atoms with Gasteiger partial charge in [-0.25, -0.2) is 9.59 Å². The number of amides is 3. The lowest BCUT2D eigenvalue weighted by Gasteiger charge is -2.40. The molecule has 0 aliphatic carbocycles. The van der Waals surface area contributed by atoms with Crippen LogP contribution in [0.5, 0.6) is 0 Å². The summed E-state index contributed by atoms with van der Waals surface area (Å²) in [5.74, 6) is 0. The van der Waals surface area contributed by atoms with Crippen molar-refractivity contribution in [2.24, 2.45) is 0 Å². The van der Waals surface area contributed by atoms with Crippen LogP contribution in [0.2, 0.25) is 5.02 Å². The number of nitrogens with zero attached hydrogens (tertiary/aromatic N) is 4. The highest BCUT2D eigenvalue weighted by Crippen LogP contribution is 2.21. The molecule has 2 heterocycles. The Morgan fingerprint density at radius 2 is 1.54 bits per heavy atom. The molecule has 2 aliphatic rings. The molecule has 8 heteroatoms. The molecule has 3 rings (SSSR count). The molecule has 0 bridgehead atoms. The van der Waals surface area contributed by atoms with Crippen molar-refractivity contribution >= 4 is 29.4 Å². The van der Waals surface area contributed by atoms with Crippen molar-refractivity contribution in [2.45, 2.75) is 6.92 Å². The van der Waals surface area contributed by atoms with Gasteiger partial charge in [0.15, 0.2) is 0 Å². The SMILES string of the molecule is CCOC(=O)N1CCN(C(=O)N2CCN(c3cccc(Cl)c3)CC2)CC1. The zero-order valence-electron chi connectivity index (χ0n) is 15.1. The molecule has 2 aliphatic heterocycles. The van der Waals surface area contributed by atoms with E-state index >= 15 is 0 Å². The molecule has 0 saturated carbocycles. The molecular formula is C18H25ClN4O3. The van der Waals surface area contributed by atoms with Gasteiger partial charge in [-0.05, 0) is 25.1 Å². The van der Waals surface area contributed by atoms with E-state index in [9.17, 15) is 9.59 Å². The van der Waals surface area contributed by atoms with Gasteiger partial charge in [0.1, 0.15) is 0 Å². The summed E-state index contributed by atoms with van der Waals surface area (Å²) in [7, 11) is 0. The molecule has 26 heavy (non-hydrogen) atoms. The molecular weight excluding hydrogens is 356 g/mol. The standard InChI is InChI=1S/C18H25ClN4O3/c1-2-26-18(25)23-12-10-22(11-13-23)17(24)21-8-6-20(7-9-21)16-5-3-4-15(19)14-16/h3-5,14H,2,6-13H2,1H3. The predicted octanol–water partition coefficient (Wildman–Crippen LogP) is 2.36. The quantitative estimate of drug-likeness (QED) is 0.790. The fourth-order valence-electron chi connectivity index (χ4n) is 3.32. The Labute approximate surface area is 159 Å². The first kappa shape index (κ1) is 18.6. The number of rotatable bonds is 2. The van der Waals surface area contributed by atoms with Crippen LogP contribution >= 0.6 is 11.6 Å². The van der Waals surface area contributed by atoms with E-state index in [-0.39, 0.29) is 12.1 Å². The van der Waals surface area contributed by atoms with Gasteiger partial charge in [-0.1, -0.05) is 17.7 Å². The lowest BCUT2D eigenvalue weighted by molar-refractivity contribution is 0.0781. The van der Waals surface area contributed by atoms with Gasteiger partial charge in [0.25, 0.3) is 0 Å². The minimum Gasteiger partial charge on any atom is -0.450 e. The first-order valence-corrected chi connectivity index (χ1v) is 9.42. The normalized spacial score (nSPS) is 18.1. The first-order valence-electron chi connectivity index (χ1n) is 9.04. The number of halogens is 1. The summed E-state index contributed by atoms with van der Waals surface area (Å²) in [4.78, 5) is 32.1. The van der Waals surface area contributed by atoms with Crippen LogP contribution < -0.4 is 4.90 Å². The van der Waals surface area contributed by atoms with Gasteiger partial charge in [-0.3, -0.25) is 0 Å². The van der Waals surface area contributed by atoms with E-state index in [2.05, 4.69) is 4.90 Å². The maximum absolute atomic E-state index is 12.7. The van der Waals surface area contributed by atoms with E-state index in [1.807, 2.05) is 34.1 Å². The fourth-order valence-corrected chi connectivity index (χ4v) is 3.51. The Kier molecular flexibility index (Phi) is 6.08. The molecule has 1 aromatic carbocycles. The van der Waals surface area contributed by atoms with Crippen molar-refractivity contribution < 1.29 is 14.3 Å².